The van der Waals surface area contributed by atoms with Crippen molar-refractivity contribution in [1.29, 1.82) is 5.26 Å². The van der Waals surface area contributed by atoms with Crippen molar-refractivity contribution in [3.05, 3.63) is 53.0 Å². The Morgan fingerprint density at radius 1 is 1.48 bits per heavy atom. The number of hydrogen-bond acceptors (Lipinski definition) is 5. The number of rotatable bonds is 6. The molecule has 1 N–H and O–H groups in total. The van der Waals surface area contributed by atoms with Crippen molar-refractivity contribution in [1.82, 2.24) is 15.2 Å². The number of carbonyl (C=O) groups excluding carboxylic acids is 1. The summed E-state index contributed by atoms with van der Waals surface area (Å²) in [5, 5.41) is 12.6. The smallest absolute Gasteiger partial charge is 0.237 e. The van der Waals surface area contributed by atoms with Crippen molar-refractivity contribution < 1.29 is 13.6 Å². The molecule has 1 fully saturated rings. The number of nitrogens with one attached hydrogen (secondary N) is 1. The van der Waals surface area contributed by atoms with E-state index >= 15 is 0 Å². The van der Waals surface area contributed by atoms with Crippen molar-refractivity contribution in [3.8, 4) is 6.07 Å². The van der Waals surface area contributed by atoms with E-state index in [9.17, 15) is 14.4 Å². The van der Waals surface area contributed by atoms with E-state index in [1.807, 2.05) is 26.8 Å². The normalized spacial score (nSPS) is 17.9. The first-order chi connectivity index (χ1) is 13.7. The first-order valence-electron chi connectivity index (χ1n) is 9.84. The number of likely N-dealkylation sites (tertiary alicyclic amines) is 1. The van der Waals surface area contributed by atoms with Crippen LogP contribution in [0, 0.1) is 31.0 Å². The third kappa shape index (κ3) is 4.33. The molecule has 7 heteroatoms. The Balaban J connectivity index is 1.86. The summed E-state index contributed by atoms with van der Waals surface area (Å²) in [5.74, 6) is 0.0795. The van der Waals surface area contributed by atoms with Crippen LogP contribution in [0.25, 0.3) is 0 Å². The van der Waals surface area contributed by atoms with Crippen molar-refractivity contribution in [2.75, 3.05) is 13.1 Å². The summed E-state index contributed by atoms with van der Waals surface area (Å²) in [7, 11) is 0. The van der Waals surface area contributed by atoms with Gasteiger partial charge in [-0.25, -0.2) is 9.37 Å². The maximum absolute atomic E-state index is 13.9. The summed E-state index contributed by atoms with van der Waals surface area (Å²) in [6, 6.07) is 6.87. The maximum atomic E-state index is 13.9. The molecule has 0 radical (unpaired) electrons. The number of hydrogen-bond donors (Lipinski definition) is 1. The van der Waals surface area contributed by atoms with Crippen LogP contribution in [0.5, 0.6) is 0 Å². The van der Waals surface area contributed by atoms with E-state index < -0.39 is 5.54 Å². The predicted molar refractivity (Wildman–Crippen MR) is 107 cm³/mol. The van der Waals surface area contributed by atoms with Crippen LogP contribution >= 0.6 is 0 Å². The van der Waals surface area contributed by atoms with Gasteiger partial charge >= 0.3 is 0 Å². The van der Waals surface area contributed by atoms with E-state index in [0.29, 0.717) is 17.9 Å². The lowest BCUT2D eigenvalue weighted by atomic mass is 9.78. The number of aryl methyl sites for hydroxylation is 2. The Kier molecular flexibility index (Phi) is 6.04. The zero-order valence-electron chi connectivity index (χ0n) is 17.3. The van der Waals surface area contributed by atoms with Crippen LogP contribution < -0.4 is 5.32 Å². The molecule has 0 aliphatic carbocycles. The molecule has 1 aromatic heterocycles. The van der Waals surface area contributed by atoms with Gasteiger partial charge in [0.2, 0.25) is 5.91 Å². The Labute approximate surface area is 170 Å². The van der Waals surface area contributed by atoms with Crippen molar-refractivity contribution >= 4 is 5.91 Å². The maximum Gasteiger partial charge on any atom is 0.237 e. The van der Waals surface area contributed by atoms with E-state index in [-0.39, 0.29) is 30.2 Å². The molecule has 1 aliphatic heterocycles. The third-order valence-corrected chi connectivity index (χ3v) is 5.71. The summed E-state index contributed by atoms with van der Waals surface area (Å²) >= 11 is 0. The monoisotopic (exact) mass is 398 g/mol. The van der Waals surface area contributed by atoms with Gasteiger partial charge in [0.25, 0.3) is 0 Å². The molecule has 29 heavy (non-hydrogen) atoms. The average molecular weight is 398 g/mol. The fraction of sp³-hybridized carbons (Fsp3) is 0.500. The first-order valence-corrected chi connectivity index (χ1v) is 9.84. The molecule has 1 aliphatic rings. The minimum absolute atomic E-state index is 0.0898. The number of amides is 1. The van der Waals surface area contributed by atoms with Crippen LogP contribution in [-0.4, -0.2) is 40.5 Å². The number of aromatic nitrogens is 1. The van der Waals surface area contributed by atoms with Gasteiger partial charge in [-0.05, 0) is 57.7 Å². The van der Waals surface area contributed by atoms with Crippen molar-refractivity contribution in [2.24, 2.45) is 0 Å². The van der Waals surface area contributed by atoms with Gasteiger partial charge in [0.05, 0.1) is 18.3 Å². The standard InChI is InChI=1S/C22H27FN4O2/c1-14-10-16(7-8-18(14)23)20(21-15(2)29-13-25-21)22(3,4)26-12-19(28)27-9-5-6-17(27)11-24/h7-8,10,13,17,20,26H,5-6,9,12H2,1-4H3/t17-,20?/m0/s1. The fourth-order valence-electron chi connectivity index (χ4n) is 4.06. The number of carbonyl (C=O) groups is 1. The Bertz CT molecular complexity index is 931. The van der Waals surface area contributed by atoms with Gasteiger partial charge in [-0.1, -0.05) is 12.1 Å². The van der Waals surface area contributed by atoms with Gasteiger partial charge < -0.3 is 14.6 Å². The van der Waals surface area contributed by atoms with E-state index in [2.05, 4.69) is 16.4 Å². The highest BCUT2D eigenvalue weighted by Crippen LogP contribution is 2.36. The Hall–Kier alpha value is -2.72. The Morgan fingerprint density at radius 3 is 2.86 bits per heavy atom. The number of nitrogens with zero attached hydrogens (tertiary/aromatic N) is 3. The minimum Gasteiger partial charge on any atom is -0.448 e. The topological polar surface area (TPSA) is 82.2 Å². The van der Waals surface area contributed by atoms with Crippen LogP contribution in [0.4, 0.5) is 4.39 Å². The van der Waals surface area contributed by atoms with Crippen molar-refractivity contribution in [2.45, 2.75) is 58.0 Å². The lowest BCUT2D eigenvalue weighted by Crippen LogP contribution is -2.50. The molecule has 0 spiro atoms. The molecule has 0 bridgehead atoms. The van der Waals surface area contributed by atoms with Crippen LogP contribution in [-0.2, 0) is 4.79 Å². The van der Waals surface area contributed by atoms with Crippen molar-refractivity contribution in [3.63, 3.8) is 0 Å². The molecule has 154 valence electrons. The van der Waals surface area contributed by atoms with Gasteiger partial charge in [0.15, 0.2) is 6.39 Å². The van der Waals surface area contributed by atoms with Gasteiger partial charge in [-0.3, -0.25) is 4.79 Å². The largest absolute Gasteiger partial charge is 0.448 e. The van der Waals surface area contributed by atoms with Crippen LogP contribution in [0.3, 0.4) is 0 Å². The summed E-state index contributed by atoms with van der Waals surface area (Å²) in [4.78, 5) is 18.7. The molecule has 1 aromatic carbocycles. The fourth-order valence-corrected chi connectivity index (χ4v) is 4.06. The highest BCUT2D eigenvalue weighted by molar-refractivity contribution is 5.79. The third-order valence-electron chi connectivity index (χ3n) is 5.71. The second kappa shape index (κ2) is 8.34. The zero-order valence-corrected chi connectivity index (χ0v) is 17.3. The van der Waals surface area contributed by atoms with E-state index in [1.54, 1.807) is 17.9 Å². The summed E-state index contributed by atoms with van der Waals surface area (Å²) in [6.07, 6.45) is 2.97. The highest BCUT2D eigenvalue weighted by Gasteiger charge is 2.37. The number of oxazole rings is 1. The zero-order chi connectivity index (χ0) is 21.2. The quantitative estimate of drug-likeness (QED) is 0.806. The van der Waals surface area contributed by atoms with Crippen LogP contribution in [0.15, 0.2) is 29.0 Å². The molecule has 2 heterocycles. The molecule has 3 rings (SSSR count). The molecular formula is C22H27FN4O2. The second-order valence-corrected chi connectivity index (χ2v) is 8.18. The second-order valence-electron chi connectivity index (χ2n) is 8.18. The average Bonchev–Trinajstić information content (AvgIpc) is 3.32. The van der Waals surface area contributed by atoms with Gasteiger partial charge in [-0.2, -0.15) is 5.26 Å². The molecular weight excluding hydrogens is 371 g/mol. The molecule has 1 unspecified atom stereocenters. The first kappa shape index (κ1) is 21.0. The van der Waals surface area contributed by atoms with E-state index in [4.69, 9.17) is 4.42 Å². The molecule has 2 aromatic rings. The van der Waals surface area contributed by atoms with E-state index in [1.165, 1.54) is 12.5 Å². The molecule has 1 saturated heterocycles. The van der Waals surface area contributed by atoms with Gasteiger partial charge in [0, 0.05) is 18.0 Å². The van der Waals surface area contributed by atoms with E-state index in [0.717, 1.165) is 24.1 Å². The number of benzene rings is 1. The lowest BCUT2D eigenvalue weighted by molar-refractivity contribution is -0.130. The molecule has 6 nitrogen and oxygen atoms in total. The van der Waals surface area contributed by atoms with Crippen LogP contribution in [0.2, 0.25) is 0 Å². The predicted octanol–water partition coefficient (Wildman–Crippen LogP) is 3.45. The number of halogens is 1. The van der Waals surface area contributed by atoms with Crippen LogP contribution in [0.1, 0.15) is 55.2 Å². The molecule has 2 atom stereocenters. The van der Waals surface area contributed by atoms with Gasteiger partial charge in [0.1, 0.15) is 17.6 Å². The summed E-state index contributed by atoms with van der Waals surface area (Å²) in [6.45, 7) is 8.27. The highest BCUT2D eigenvalue weighted by atomic mass is 19.1. The SMILES string of the molecule is Cc1cc(C(c2ncoc2C)C(C)(C)NCC(=O)N2CCC[C@H]2C#N)ccc1F. The minimum atomic E-state index is -0.580. The number of nitriles is 1. The molecule has 0 saturated carbocycles. The summed E-state index contributed by atoms with van der Waals surface area (Å²) in [5.41, 5.74) is 1.61. The lowest BCUT2D eigenvalue weighted by Gasteiger charge is -2.36. The molecule has 1 amide bonds. The van der Waals surface area contributed by atoms with Gasteiger partial charge in [-0.15, -0.1) is 0 Å². The summed E-state index contributed by atoms with van der Waals surface area (Å²) < 4.78 is 19.3. The Morgan fingerprint density at radius 2 is 2.24 bits per heavy atom.